The van der Waals surface area contributed by atoms with Crippen molar-refractivity contribution in [3.8, 4) is 18.1 Å². The molecule has 1 saturated carbocycles. The number of carbonyl (C=O) groups excluding carboxylic acids is 4. The molecule has 23 heteroatoms. The summed E-state index contributed by atoms with van der Waals surface area (Å²) < 4.78 is 59.9. The third kappa shape index (κ3) is 11.8. The van der Waals surface area contributed by atoms with Gasteiger partial charge in [0.15, 0.2) is 47.0 Å². The Kier molecular flexibility index (Phi) is 14.8. The van der Waals surface area contributed by atoms with E-state index in [0.717, 1.165) is 43.2 Å². The van der Waals surface area contributed by atoms with Crippen molar-refractivity contribution in [3.05, 3.63) is 62.5 Å². The molecule has 3 heterocycles. The highest BCUT2D eigenvalue weighted by Crippen LogP contribution is 2.38. The number of carbonyl (C=O) groups is 5. The quantitative estimate of drug-likeness (QED) is 0.0658. The average Bonchev–Trinajstić information content (AvgIpc) is 3.66. The van der Waals surface area contributed by atoms with Crippen LogP contribution in [0.4, 0.5) is 21.5 Å². The third-order valence-corrected chi connectivity index (χ3v) is 12.2. The Morgan fingerprint density at radius 2 is 1.88 bits per heavy atom. The highest BCUT2D eigenvalue weighted by Gasteiger charge is 2.39. The van der Waals surface area contributed by atoms with Crippen LogP contribution in [0.5, 0.6) is 5.75 Å². The van der Waals surface area contributed by atoms with E-state index in [9.17, 15) is 51.5 Å². The number of aliphatic carboxylic acids is 1. The maximum atomic E-state index is 14.5. The van der Waals surface area contributed by atoms with E-state index in [4.69, 9.17) is 26.9 Å². The van der Waals surface area contributed by atoms with Gasteiger partial charge in [-0.25, -0.2) is 17.8 Å². The molecule has 6 rings (SSSR count). The summed E-state index contributed by atoms with van der Waals surface area (Å²) in [7, 11) is -6.80. The number of amides is 1. The van der Waals surface area contributed by atoms with Gasteiger partial charge >= 0.3 is 5.97 Å². The number of hydrogen-bond donors (Lipinski definition) is 3. The number of fused-ring (bicyclic) bond motifs is 2. The Labute approximate surface area is 347 Å². The van der Waals surface area contributed by atoms with Crippen LogP contribution < -0.4 is 20.2 Å². The van der Waals surface area contributed by atoms with E-state index >= 15 is 0 Å². The lowest BCUT2D eigenvalue weighted by Gasteiger charge is -2.28. The van der Waals surface area contributed by atoms with E-state index < -0.39 is 74.5 Å². The number of ketones is 3. The minimum atomic E-state index is -3.70. The largest absolute Gasteiger partial charge is 0.481 e. The number of benzene rings is 2. The fraction of sp³-hybridized carbons (Fsp3) is 0.432. The second-order valence-corrected chi connectivity index (χ2v) is 20.3. The number of nitro groups is 1. The summed E-state index contributed by atoms with van der Waals surface area (Å²) in [6.07, 6.45) is 7.58. The fourth-order valence-electron chi connectivity index (χ4n) is 6.20. The summed E-state index contributed by atoms with van der Waals surface area (Å²) in [6, 6.07) is 4.52. The normalized spacial score (nSPS) is 17.7. The number of nitrogens with two attached hydrogens (primary N) is 1. The first-order valence-electron chi connectivity index (χ1n) is 18.0. The van der Waals surface area contributed by atoms with Gasteiger partial charge in [0, 0.05) is 68.6 Å². The SMILES string of the molecule is C#CCN1C(=O)COc2cc(F)c(/N=c3\snc4n3CC(C)(C)C4)cc21.CP(=O)(O)CCC(N)C(=O)O.CS(=O)(=O)c1ccc(C(=O)C2C(=O)CCCC2=O)c([N+](=O)[O-])c1. The Morgan fingerprint density at radius 1 is 1.23 bits per heavy atom. The number of terminal acetylenes is 1. The van der Waals surface area contributed by atoms with Gasteiger partial charge in [0.05, 0.1) is 27.6 Å². The van der Waals surface area contributed by atoms with Gasteiger partial charge in [-0.05, 0) is 36.5 Å². The molecule has 2 unspecified atom stereocenters. The van der Waals surface area contributed by atoms with Crippen molar-refractivity contribution in [1.82, 2.24) is 8.94 Å². The maximum Gasteiger partial charge on any atom is 0.320 e. The van der Waals surface area contributed by atoms with Crippen LogP contribution in [0.2, 0.25) is 0 Å². The molecule has 0 saturated heterocycles. The minimum absolute atomic E-state index is 0.0412. The van der Waals surface area contributed by atoms with Crippen molar-refractivity contribution in [2.24, 2.45) is 22.1 Å². The molecule has 4 N–H and O–H groups in total. The lowest BCUT2D eigenvalue weighted by atomic mass is 9.81. The molecule has 60 heavy (non-hydrogen) atoms. The number of nitrogens with zero attached hydrogens (tertiary/aromatic N) is 5. The summed E-state index contributed by atoms with van der Waals surface area (Å²) in [6.45, 7) is 6.24. The second kappa shape index (κ2) is 18.9. The Morgan fingerprint density at radius 3 is 2.45 bits per heavy atom. The predicted molar refractivity (Wildman–Crippen MR) is 215 cm³/mol. The van der Waals surface area contributed by atoms with Gasteiger partial charge in [0.1, 0.15) is 29.2 Å². The Bertz CT molecular complexity index is 2510. The van der Waals surface area contributed by atoms with Crippen molar-refractivity contribution in [2.45, 2.75) is 63.4 Å². The first kappa shape index (κ1) is 47.2. The number of nitro benzene ring substituents is 1. The molecule has 1 aliphatic carbocycles. The number of anilines is 1. The maximum absolute atomic E-state index is 14.5. The molecule has 1 fully saturated rings. The Balaban J connectivity index is 0.000000215. The van der Waals surface area contributed by atoms with Crippen LogP contribution in [0.15, 0.2) is 40.2 Å². The molecular formula is C37H42FN6O13PS2. The molecule has 322 valence electrons. The van der Waals surface area contributed by atoms with E-state index in [1.54, 1.807) is 0 Å². The molecule has 3 aromatic rings. The molecule has 0 bridgehead atoms. The lowest BCUT2D eigenvalue weighted by Crippen LogP contribution is -2.39. The average molecular weight is 893 g/mol. The van der Waals surface area contributed by atoms with Crippen molar-refractivity contribution in [3.63, 3.8) is 0 Å². The van der Waals surface area contributed by atoms with Crippen molar-refractivity contribution in [1.29, 1.82) is 0 Å². The summed E-state index contributed by atoms with van der Waals surface area (Å²) in [5, 5.41) is 19.4. The van der Waals surface area contributed by atoms with Gasteiger partial charge in [0.2, 0.25) is 4.80 Å². The molecule has 2 aromatic carbocycles. The Hall–Kier alpha value is -5.46. The molecule has 3 aliphatic rings. The number of carboxylic acid groups (broad SMARTS) is 1. The highest BCUT2D eigenvalue weighted by atomic mass is 32.2. The number of rotatable bonds is 10. The zero-order chi connectivity index (χ0) is 44.9. The van der Waals surface area contributed by atoms with E-state index in [2.05, 4.69) is 29.1 Å². The third-order valence-electron chi connectivity index (χ3n) is 9.22. The predicted octanol–water partition coefficient (Wildman–Crippen LogP) is 3.06. The van der Waals surface area contributed by atoms with Crippen molar-refractivity contribution >= 4 is 75.0 Å². The molecule has 19 nitrogen and oxygen atoms in total. The first-order chi connectivity index (χ1) is 27.8. The van der Waals surface area contributed by atoms with Crippen molar-refractivity contribution in [2.75, 3.05) is 37.1 Å². The topological polar surface area (TPSA) is 289 Å². The first-order valence-corrected chi connectivity index (χ1v) is 23.0. The van der Waals surface area contributed by atoms with E-state index in [0.29, 0.717) is 22.7 Å². The minimum Gasteiger partial charge on any atom is -0.481 e. The summed E-state index contributed by atoms with van der Waals surface area (Å²) in [5.74, 6) is -1.83. The summed E-state index contributed by atoms with van der Waals surface area (Å²) in [5.41, 5.74) is 4.60. The fourth-order valence-corrected chi connectivity index (χ4v) is 8.36. The second-order valence-electron chi connectivity index (χ2n) is 15.0. The number of halogens is 1. The molecule has 2 atom stereocenters. The van der Waals surface area contributed by atoms with Gasteiger partial charge in [-0.1, -0.05) is 19.8 Å². The smallest absolute Gasteiger partial charge is 0.320 e. The number of aromatic nitrogens is 2. The van der Waals surface area contributed by atoms with Crippen LogP contribution in [0.25, 0.3) is 0 Å². The van der Waals surface area contributed by atoms with E-state index in [-0.39, 0.29) is 60.5 Å². The van der Waals surface area contributed by atoms with Crippen LogP contribution in [-0.4, -0.2) is 99.8 Å². The number of carboxylic acids is 1. The van der Waals surface area contributed by atoms with Gasteiger partial charge in [-0.2, -0.15) is 4.37 Å². The lowest BCUT2D eigenvalue weighted by molar-refractivity contribution is -0.385. The van der Waals surface area contributed by atoms with Crippen LogP contribution in [-0.2, 0) is 46.5 Å². The van der Waals surface area contributed by atoms with Crippen LogP contribution >= 0.6 is 18.9 Å². The van der Waals surface area contributed by atoms with Gasteiger partial charge in [0.25, 0.3) is 11.6 Å². The standard InChI is InChI=1S/C18H17FN4O2S.C14H13NO7S.C5H12NO4P/c1-4-5-22-13-7-12(11(19)6-14(13)25-9-16(22)24)20-17-23-10-18(2,3)8-15(23)21-26-17;1-23(21,22)8-5-6-9(10(7-8)15(19)20)14(18)13-11(16)3-2-4-12(13)17;1-11(9,10)3-2-4(6)5(7)8/h1,6-7H,5,8-10H2,2-3H3;5-7,13H,2-4H2,1H3;4H,2-3,6H2,1H3,(H,7,8)(H,9,10)/b20-17-;;. The number of hydrogen-bond acceptors (Lipinski definition) is 15. The number of sulfone groups is 1. The van der Waals surface area contributed by atoms with E-state index in [1.165, 1.54) is 35.2 Å². The zero-order valence-electron chi connectivity index (χ0n) is 32.8. The molecule has 0 spiro atoms. The highest BCUT2D eigenvalue weighted by molar-refractivity contribution is 7.90. The number of ether oxygens (including phenoxy) is 1. The monoisotopic (exact) mass is 892 g/mol. The molecule has 1 aromatic heterocycles. The van der Waals surface area contributed by atoms with Gasteiger partial charge in [-0.15, -0.1) is 6.42 Å². The molecule has 0 radical (unpaired) electrons. The van der Waals surface area contributed by atoms with Crippen molar-refractivity contribution < 1.29 is 61.0 Å². The molecule has 1 amide bonds. The molecule has 2 aliphatic heterocycles. The van der Waals surface area contributed by atoms with Gasteiger partial charge < -0.3 is 25.0 Å². The number of Topliss-reactive ketones (excluding diaryl/α,β-unsaturated/α-hetero) is 3. The van der Waals surface area contributed by atoms with Crippen LogP contribution in [0.3, 0.4) is 0 Å². The van der Waals surface area contributed by atoms with Crippen LogP contribution in [0, 0.1) is 39.6 Å². The van der Waals surface area contributed by atoms with Gasteiger partial charge in [-0.3, -0.25) is 43.6 Å². The summed E-state index contributed by atoms with van der Waals surface area (Å²) in [4.78, 5) is 83.4. The van der Waals surface area contributed by atoms with Crippen LogP contribution in [0.1, 0.15) is 55.7 Å². The molecular weight excluding hydrogens is 851 g/mol. The zero-order valence-corrected chi connectivity index (χ0v) is 35.4. The summed E-state index contributed by atoms with van der Waals surface area (Å²) >= 11 is 1.24. The van der Waals surface area contributed by atoms with E-state index in [1.807, 2.05) is 4.57 Å².